The molecule has 0 aromatic carbocycles. The van der Waals surface area contributed by atoms with Crippen LogP contribution in [0.25, 0.3) is 0 Å². The number of hydrogen-bond donors (Lipinski definition) is 0. The monoisotopic (exact) mass is 186 g/mol. The van der Waals surface area contributed by atoms with Gasteiger partial charge < -0.3 is 4.74 Å². The third-order valence-electron chi connectivity index (χ3n) is 2.56. The van der Waals surface area contributed by atoms with E-state index in [1.165, 1.54) is 0 Å². The summed E-state index contributed by atoms with van der Waals surface area (Å²) < 4.78 is 5.29. The van der Waals surface area contributed by atoms with Crippen LogP contribution < -0.4 is 0 Å². The summed E-state index contributed by atoms with van der Waals surface area (Å²) in [7, 11) is 1.62. The lowest BCUT2D eigenvalue weighted by Crippen LogP contribution is -2.37. The molecule has 0 aliphatic rings. The number of ketones is 1. The lowest BCUT2D eigenvalue weighted by molar-refractivity contribution is -0.139. The number of ether oxygens (including phenoxy) is 1. The fraction of sp³-hybridized carbons (Fsp3) is 0.909. The molecule has 0 aliphatic carbocycles. The van der Waals surface area contributed by atoms with Gasteiger partial charge in [-0.3, -0.25) is 4.79 Å². The predicted octanol–water partition coefficient (Wildman–Crippen LogP) is 2.81. The van der Waals surface area contributed by atoms with Crippen molar-refractivity contribution in [2.45, 2.75) is 52.6 Å². The molecule has 0 saturated heterocycles. The van der Waals surface area contributed by atoms with Gasteiger partial charge in [0.25, 0.3) is 0 Å². The maximum atomic E-state index is 11.6. The van der Waals surface area contributed by atoms with Crippen molar-refractivity contribution in [3.63, 3.8) is 0 Å². The Morgan fingerprint density at radius 3 is 2.31 bits per heavy atom. The molecule has 1 atom stereocenters. The molecule has 0 amide bonds. The minimum absolute atomic E-state index is 0.204. The van der Waals surface area contributed by atoms with Gasteiger partial charge >= 0.3 is 0 Å². The van der Waals surface area contributed by atoms with Crippen molar-refractivity contribution < 1.29 is 9.53 Å². The molecule has 0 aromatic heterocycles. The lowest BCUT2D eigenvalue weighted by Gasteiger charge is -2.26. The molecule has 13 heavy (non-hydrogen) atoms. The summed E-state index contributed by atoms with van der Waals surface area (Å²) in [4.78, 5) is 11.6. The first-order valence-electron chi connectivity index (χ1n) is 5.04. The van der Waals surface area contributed by atoms with Crippen LogP contribution in [0.15, 0.2) is 0 Å². The van der Waals surface area contributed by atoms with Crippen molar-refractivity contribution in [2.75, 3.05) is 7.11 Å². The normalized spacial score (nSPS) is 15.8. The van der Waals surface area contributed by atoms with Crippen LogP contribution >= 0.6 is 0 Å². The predicted molar refractivity (Wildman–Crippen MR) is 54.8 cm³/mol. The number of hydrogen-bond acceptors (Lipinski definition) is 2. The SMILES string of the molecule is CCC(=O)C(C)(CCC(C)C)OC. The number of carbonyl (C=O) groups excluding carboxylic acids is 1. The van der Waals surface area contributed by atoms with Crippen LogP contribution in [0.3, 0.4) is 0 Å². The van der Waals surface area contributed by atoms with Crippen LogP contribution in [0.1, 0.15) is 47.0 Å². The summed E-state index contributed by atoms with van der Waals surface area (Å²) in [5, 5.41) is 0. The van der Waals surface area contributed by atoms with E-state index in [4.69, 9.17) is 4.74 Å². The van der Waals surface area contributed by atoms with Crippen LogP contribution in [0.2, 0.25) is 0 Å². The van der Waals surface area contributed by atoms with Crippen LogP contribution in [0, 0.1) is 5.92 Å². The first-order chi connectivity index (χ1) is 5.96. The standard InChI is InChI=1S/C11H22O2/c1-6-10(12)11(4,13-5)8-7-9(2)3/h9H,6-8H2,1-5H3. The van der Waals surface area contributed by atoms with Crippen LogP contribution in [-0.4, -0.2) is 18.5 Å². The molecule has 0 heterocycles. The highest BCUT2D eigenvalue weighted by Gasteiger charge is 2.30. The largest absolute Gasteiger partial charge is 0.371 e. The minimum Gasteiger partial charge on any atom is -0.371 e. The molecule has 0 saturated carbocycles. The molecule has 0 spiro atoms. The van der Waals surface area contributed by atoms with Gasteiger partial charge in [-0.1, -0.05) is 20.8 Å². The van der Waals surface area contributed by atoms with Gasteiger partial charge in [-0.15, -0.1) is 0 Å². The van der Waals surface area contributed by atoms with E-state index in [0.717, 1.165) is 12.8 Å². The molecule has 0 bridgehead atoms. The summed E-state index contributed by atoms with van der Waals surface area (Å²) in [5.41, 5.74) is -0.557. The molecule has 0 rings (SSSR count). The Kier molecular flexibility index (Phi) is 5.23. The lowest BCUT2D eigenvalue weighted by atomic mass is 9.90. The third-order valence-corrected chi connectivity index (χ3v) is 2.56. The zero-order valence-corrected chi connectivity index (χ0v) is 9.52. The molecule has 2 heteroatoms. The van der Waals surface area contributed by atoms with E-state index in [-0.39, 0.29) is 5.78 Å². The van der Waals surface area contributed by atoms with Crippen molar-refractivity contribution in [3.8, 4) is 0 Å². The second-order valence-electron chi connectivity index (χ2n) is 4.14. The average Bonchev–Trinajstić information content (AvgIpc) is 2.12. The molecule has 78 valence electrons. The van der Waals surface area contributed by atoms with Gasteiger partial charge in [-0.05, 0) is 25.7 Å². The maximum Gasteiger partial charge on any atom is 0.164 e. The topological polar surface area (TPSA) is 26.3 Å². The van der Waals surface area contributed by atoms with E-state index >= 15 is 0 Å². The molecular formula is C11H22O2. The van der Waals surface area contributed by atoms with Crippen LogP contribution in [0.5, 0.6) is 0 Å². The Labute approximate surface area is 81.7 Å². The molecule has 0 aromatic rings. The number of Topliss-reactive ketones (excluding diaryl/α,β-unsaturated/α-hetero) is 1. The summed E-state index contributed by atoms with van der Waals surface area (Å²) in [6.07, 6.45) is 2.42. The van der Waals surface area contributed by atoms with E-state index < -0.39 is 5.60 Å². The van der Waals surface area contributed by atoms with Gasteiger partial charge in [0.05, 0.1) is 0 Å². The van der Waals surface area contributed by atoms with E-state index in [1.54, 1.807) is 7.11 Å². The van der Waals surface area contributed by atoms with Crippen molar-refractivity contribution in [1.29, 1.82) is 0 Å². The number of carbonyl (C=O) groups is 1. The Hall–Kier alpha value is -0.370. The number of methoxy groups -OCH3 is 1. The van der Waals surface area contributed by atoms with E-state index in [1.807, 2.05) is 13.8 Å². The first-order valence-corrected chi connectivity index (χ1v) is 5.04. The molecule has 0 aliphatic heterocycles. The molecule has 0 radical (unpaired) electrons. The Morgan fingerprint density at radius 1 is 1.46 bits per heavy atom. The third kappa shape index (κ3) is 3.90. The fourth-order valence-electron chi connectivity index (χ4n) is 1.29. The van der Waals surface area contributed by atoms with Crippen molar-refractivity contribution in [2.24, 2.45) is 5.92 Å². The van der Waals surface area contributed by atoms with Gasteiger partial charge in [0.15, 0.2) is 5.78 Å². The summed E-state index contributed by atoms with van der Waals surface area (Å²) in [5.74, 6) is 0.829. The average molecular weight is 186 g/mol. The van der Waals surface area contributed by atoms with Crippen molar-refractivity contribution in [1.82, 2.24) is 0 Å². The highest BCUT2D eigenvalue weighted by molar-refractivity contribution is 5.86. The maximum absolute atomic E-state index is 11.6. The zero-order valence-electron chi connectivity index (χ0n) is 9.52. The zero-order chi connectivity index (χ0) is 10.5. The molecule has 0 fully saturated rings. The van der Waals surface area contributed by atoms with E-state index in [2.05, 4.69) is 13.8 Å². The van der Waals surface area contributed by atoms with Crippen molar-refractivity contribution in [3.05, 3.63) is 0 Å². The summed E-state index contributed by atoms with van der Waals surface area (Å²) >= 11 is 0. The second kappa shape index (κ2) is 5.38. The summed E-state index contributed by atoms with van der Waals surface area (Å²) in [6, 6.07) is 0. The van der Waals surface area contributed by atoms with Gasteiger partial charge in [-0.2, -0.15) is 0 Å². The highest BCUT2D eigenvalue weighted by Crippen LogP contribution is 2.22. The quantitative estimate of drug-likeness (QED) is 0.637. The highest BCUT2D eigenvalue weighted by atomic mass is 16.5. The first kappa shape index (κ1) is 12.6. The molecule has 1 unspecified atom stereocenters. The molecule has 2 nitrogen and oxygen atoms in total. The number of rotatable bonds is 6. The van der Waals surface area contributed by atoms with Crippen LogP contribution in [0.4, 0.5) is 0 Å². The minimum atomic E-state index is -0.557. The second-order valence-corrected chi connectivity index (χ2v) is 4.14. The van der Waals surface area contributed by atoms with Crippen molar-refractivity contribution >= 4 is 5.78 Å². The van der Waals surface area contributed by atoms with Crippen LogP contribution in [-0.2, 0) is 9.53 Å². The van der Waals surface area contributed by atoms with E-state index in [0.29, 0.717) is 12.3 Å². The summed E-state index contributed by atoms with van der Waals surface area (Å²) in [6.45, 7) is 8.09. The van der Waals surface area contributed by atoms with Gasteiger partial charge in [-0.25, -0.2) is 0 Å². The molecular weight excluding hydrogens is 164 g/mol. The van der Waals surface area contributed by atoms with E-state index in [9.17, 15) is 4.79 Å². The molecule has 0 N–H and O–H groups in total. The Bertz CT molecular complexity index is 163. The fourth-order valence-corrected chi connectivity index (χ4v) is 1.29. The van der Waals surface area contributed by atoms with Gasteiger partial charge in [0.2, 0.25) is 0 Å². The smallest absolute Gasteiger partial charge is 0.164 e. The Balaban J connectivity index is 4.19. The van der Waals surface area contributed by atoms with Gasteiger partial charge in [0.1, 0.15) is 5.60 Å². The Morgan fingerprint density at radius 2 is 2.00 bits per heavy atom. The van der Waals surface area contributed by atoms with Gasteiger partial charge in [0, 0.05) is 13.5 Å².